The highest BCUT2D eigenvalue weighted by Crippen LogP contribution is 2.38. The molecule has 2 aliphatic heterocycles. The van der Waals surface area contributed by atoms with Gasteiger partial charge in [0.25, 0.3) is 5.91 Å². The van der Waals surface area contributed by atoms with Crippen LogP contribution in [0.25, 0.3) is 0 Å². The van der Waals surface area contributed by atoms with Gasteiger partial charge < -0.3 is 20.3 Å². The summed E-state index contributed by atoms with van der Waals surface area (Å²) in [5.41, 5.74) is 0.779. The van der Waals surface area contributed by atoms with Crippen molar-refractivity contribution in [2.45, 2.75) is 19.8 Å². The minimum absolute atomic E-state index is 0. The van der Waals surface area contributed by atoms with Gasteiger partial charge in [0.05, 0.1) is 23.2 Å². The molecule has 2 fully saturated rings. The second kappa shape index (κ2) is 10.8. The van der Waals surface area contributed by atoms with Gasteiger partial charge in [-0.3, -0.25) is 9.79 Å². The Hall–Kier alpha value is -0.770. The summed E-state index contributed by atoms with van der Waals surface area (Å²) in [6.07, 6.45) is 2.27. The number of halogens is 3. The predicted molar refractivity (Wildman–Crippen MR) is 124 cm³/mol. The zero-order chi connectivity index (χ0) is 19.3. The standard InChI is InChI=1S/C19H26Cl2N4O2.HI/c1-2-22-18(25-9-5-19(12-25)6-10-27-13-19)24-8-7-23-17(26)14-3-4-15(20)16(21)11-14;/h3-4,11H,2,5-10,12-13H2,1H3,(H,22,24)(H,23,26);1H. The van der Waals surface area contributed by atoms with Crippen LogP contribution >= 0.6 is 47.2 Å². The van der Waals surface area contributed by atoms with Gasteiger partial charge in [-0.1, -0.05) is 23.2 Å². The van der Waals surface area contributed by atoms with Crippen molar-refractivity contribution in [3.8, 4) is 0 Å². The van der Waals surface area contributed by atoms with Crippen LogP contribution < -0.4 is 10.6 Å². The van der Waals surface area contributed by atoms with Crippen molar-refractivity contribution in [2.24, 2.45) is 10.4 Å². The Balaban J connectivity index is 0.00000280. The predicted octanol–water partition coefficient (Wildman–Crippen LogP) is 3.42. The van der Waals surface area contributed by atoms with Crippen LogP contribution in [0.5, 0.6) is 0 Å². The lowest BCUT2D eigenvalue weighted by Crippen LogP contribution is -2.42. The lowest BCUT2D eigenvalue weighted by atomic mass is 9.87. The summed E-state index contributed by atoms with van der Waals surface area (Å²) in [5, 5.41) is 7.03. The number of ether oxygens (including phenoxy) is 1. The molecular weight excluding hydrogens is 514 g/mol. The minimum atomic E-state index is -0.183. The van der Waals surface area contributed by atoms with E-state index in [-0.39, 0.29) is 35.3 Å². The Morgan fingerprint density at radius 2 is 2.11 bits per heavy atom. The van der Waals surface area contributed by atoms with Crippen LogP contribution in [0.3, 0.4) is 0 Å². The highest BCUT2D eigenvalue weighted by Gasteiger charge is 2.42. The van der Waals surface area contributed by atoms with E-state index in [1.165, 1.54) is 0 Å². The quantitative estimate of drug-likeness (QED) is 0.260. The molecule has 0 aliphatic carbocycles. The average molecular weight is 541 g/mol. The summed E-state index contributed by atoms with van der Waals surface area (Å²) in [6.45, 7) is 7.52. The molecule has 2 aliphatic rings. The number of carbonyl (C=O) groups is 1. The van der Waals surface area contributed by atoms with Gasteiger partial charge in [-0.15, -0.1) is 24.0 Å². The summed E-state index contributed by atoms with van der Waals surface area (Å²) >= 11 is 11.8. The molecule has 2 N–H and O–H groups in total. The van der Waals surface area contributed by atoms with Crippen molar-refractivity contribution in [1.82, 2.24) is 15.5 Å². The first kappa shape index (κ1) is 23.5. The van der Waals surface area contributed by atoms with E-state index in [4.69, 9.17) is 27.9 Å². The van der Waals surface area contributed by atoms with E-state index >= 15 is 0 Å². The van der Waals surface area contributed by atoms with E-state index < -0.39 is 0 Å². The molecule has 1 atom stereocenters. The highest BCUT2D eigenvalue weighted by atomic mass is 127. The highest BCUT2D eigenvalue weighted by molar-refractivity contribution is 14.0. The number of rotatable bonds is 5. The van der Waals surface area contributed by atoms with Gasteiger partial charge in [0.2, 0.25) is 0 Å². The molecule has 6 nitrogen and oxygen atoms in total. The fourth-order valence-corrected chi connectivity index (χ4v) is 3.88. The Bertz CT molecular complexity index is 711. The summed E-state index contributed by atoms with van der Waals surface area (Å²) in [4.78, 5) is 19.2. The minimum Gasteiger partial charge on any atom is -0.381 e. The zero-order valence-electron chi connectivity index (χ0n) is 16.0. The normalized spacial score (nSPS) is 21.7. The van der Waals surface area contributed by atoms with Crippen LogP contribution in [0, 0.1) is 5.41 Å². The molecule has 1 aromatic rings. The third-order valence-electron chi connectivity index (χ3n) is 5.10. The maximum Gasteiger partial charge on any atom is 0.251 e. The number of amides is 1. The van der Waals surface area contributed by atoms with Crippen LogP contribution in [-0.2, 0) is 4.74 Å². The van der Waals surface area contributed by atoms with Crippen LogP contribution in [0.1, 0.15) is 30.1 Å². The molecule has 1 aromatic carbocycles. The number of guanidine groups is 1. The second-order valence-electron chi connectivity index (χ2n) is 7.09. The van der Waals surface area contributed by atoms with Gasteiger partial charge in [-0.25, -0.2) is 0 Å². The topological polar surface area (TPSA) is 66.0 Å². The van der Waals surface area contributed by atoms with E-state index in [1.807, 2.05) is 0 Å². The number of benzene rings is 1. The van der Waals surface area contributed by atoms with Crippen LogP contribution in [0.15, 0.2) is 23.2 Å². The third kappa shape index (κ3) is 5.87. The average Bonchev–Trinajstić information content (AvgIpc) is 3.30. The second-order valence-corrected chi connectivity index (χ2v) is 7.91. The number of likely N-dealkylation sites (tertiary alicyclic amines) is 1. The van der Waals surface area contributed by atoms with Gasteiger partial charge in [-0.05, 0) is 38.0 Å². The molecular formula is C19H27Cl2IN4O2. The van der Waals surface area contributed by atoms with Crippen LogP contribution in [-0.4, -0.2) is 62.7 Å². The maximum atomic E-state index is 12.2. The first-order valence-electron chi connectivity index (χ1n) is 9.37. The molecule has 2 saturated heterocycles. The van der Waals surface area contributed by atoms with E-state index in [0.717, 1.165) is 51.6 Å². The van der Waals surface area contributed by atoms with Crippen molar-refractivity contribution in [2.75, 3.05) is 45.9 Å². The summed E-state index contributed by atoms with van der Waals surface area (Å²) in [6, 6.07) is 4.85. The Labute approximate surface area is 193 Å². The van der Waals surface area contributed by atoms with Crippen molar-refractivity contribution < 1.29 is 9.53 Å². The molecule has 1 amide bonds. The molecule has 9 heteroatoms. The van der Waals surface area contributed by atoms with E-state index in [9.17, 15) is 4.79 Å². The fourth-order valence-electron chi connectivity index (χ4n) is 3.58. The molecule has 0 aromatic heterocycles. The number of hydrogen-bond acceptors (Lipinski definition) is 3. The summed E-state index contributed by atoms with van der Waals surface area (Å²) < 4.78 is 5.60. The number of aliphatic imine (C=N–C) groups is 1. The molecule has 1 spiro atoms. The molecule has 28 heavy (non-hydrogen) atoms. The van der Waals surface area contributed by atoms with Crippen LogP contribution in [0.2, 0.25) is 10.0 Å². The largest absolute Gasteiger partial charge is 0.381 e. The number of nitrogens with one attached hydrogen (secondary N) is 2. The lowest BCUT2D eigenvalue weighted by molar-refractivity contribution is 0.0955. The summed E-state index contributed by atoms with van der Waals surface area (Å²) in [7, 11) is 0. The number of nitrogens with zero attached hydrogens (tertiary/aromatic N) is 2. The smallest absolute Gasteiger partial charge is 0.251 e. The fraction of sp³-hybridized carbons (Fsp3) is 0.579. The number of carbonyl (C=O) groups excluding carboxylic acids is 1. The maximum absolute atomic E-state index is 12.2. The molecule has 0 saturated carbocycles. The van der Waals surface area contributed by atoms with E-state index in [1.54, 1.807) is 18.2 Å². The first-order chi connectivity index (χ1) is 13.0. The van der Waals surface area contributed by atoms with Crippen molar-refractivity contribution >= 4 is 59.0 Å². The van der Waals surface area contributed by atoms with Gasteiger partial charge in [0.1, 0.15) is 0 Å². The third-order valence-corrected chi connectivity index (χ3v) is 5.84. The van der Waals surface area contributed by atoms with Crippen molar-refractivity contribution in [3.05, 3.63) is 33.8 Å². The summed E-state index contributed by atoms with van der Waals surface area (Å²) in [5.74, 6) is 0.724. The van der Waals surface area contributed by atoms with Gasteiger partial charge in [0.15, 0.2) is 5.96 Å². The molecule has 1 unspecified atom stereocenters. The van der Waals surface area contributed by atoms with Crippen molar-refractivity contribution in [1.29, 1.82) is 0 Å². The molecule has 2 heterocycles. The van der Waals surface area contributed by atoms with E-state index in [2.05, 4.69) is 27.4 Å². The Morgan fingerprint density at radius 1 is 1.29 bits per heavy atom. The molecule has 0 radical (unpaired) electrons. The van der Waals surface area contributed by atoms with Gasteiger partial charge in [-0.2, -0.15) is 0 Å². The van der Waals surface area contributed by atoms with Crippen molar-refractivity contribution in [3.63, 3.8) is 0 Å². The van der Waals surface area contributed by atoms with Gasteiger partial charge in [0, 0.05) is 43.8 Å². The Kier molecular flexibility index (Phi) is 9.11. The molecule has 0 bridgehead atoms. The van der Waals surface area contributed by atoms with Crippen LogP contribution in [0.4, 0.5) is 0 Å². The lowest BCUT2D eigenvalue weighted by Gasteiger charge is -2.25. The number of hydrogen-bond donors (Lipinski definition) is 2. The first-order valence-corrected chi connectivity index (χ1v) is 10.1. The Morgan fingerprint density at radius 3 is 2.79 bits per heavy atom. The SMILES string of the molecule is CCNC(=NCCNC(=O)c1ccc(Cl)c(Cl)c1)N1CCC2(CCOC2)C1.I. The zero-order valence-corrected chi connectivity index (χ0v) is 19.8. The monoisotopic (exact) mass is 540 g/mol. The van der Waals surface area contributed by atoms with Gasteiger partial charge >= 0.3 is 0 Å². The van der Waals surface area contributed by atoms with E-state index in [0.29, 0.717) is 28.7 Å². The molecule has 156 valence electrons. The molecule has 3 rings (SSSR count).